The van der Waals surface area contributed by atoms with E-state index in [0.29, 0.717) is 0 Å². The van der Waals surface area contributed by atoms with Gasteiger partial charge in [-0.2, -0.15) is 0 Å². The Hall–Kier alpha value is -2.74. The van der Waals surface area contributed by atoms with E-state index < -0.39 is 0 Å². The molecule has 110 valence electrons. The highest BCUT2D eigenvalue weighted by Crippen LogP contribution is 2.39. The van der Waals surface area contributed by atoms with Gasteiger partial charge in [0.1, 0.15) is 0 Å². The lowest BCUT2D eigenvalue weighted by Crippen LogP contribution is -2.25. The van der Waals surface area contributed by atoms with Gasteiger partial charge in [-0.05, 0) is 47.9 Å². The third kappa shape index (κ3) is 2.44. The van der Waals surface area contributed by atoms with Gasteiger partial charge in [0.2, 0.25) is 0 Å². The monoisotopic (exact) mass is 288 g/mol. The summed E-state index contributed by atoms with van der Waals surface area (Å²) in [6.45, 7) is 2.22. The van der Waals surface area contributed by atoms with Gasteiger partial charge >= 0.3 is 0 Å². The van der Waals surface area contributed by atoms with E-state index >= 15 is 0 Å². The van der Waals surface area contributed by atoms with Crippen molar-refractivity contribution < 1.29 is 0 Å². The number of anilines is 2. The first kappa shape index (κ1) is 14.2. The zero-order chi connectivity index (χ0) is 15.6. The molecule has 0 amide bonds. The second-order valence-electron chi connectivity index (χ2n) is 5.74. The van der Waals surface area contributed by atoms with Crippen molar-refractivity contribution in [2.24, 2.45) is 0 Å². The maximum atomic E-state index is 6.02. The van der Waals surface area contributed by atoms with Crippen molar-refractivity contribution in [2.75, 3.05) is 11.5 Å². The van der Waals surface area contributed by atoms with Gasteiger partial charge in [-0.3, -0.25) is 0 Å². The molecule has 0 spiro atoms. The van der Waals surface area contributed by atoms with Crippen LogP contribution in [0.1, 0.15) is 23.6 Å². The maximum absolute atomic E-state index is 6.02. The van der Waals surface area contributed by atoms with Crippen LogP contribution in [0.25, 0.3) is 0 Å². The molecule has 1 atom stereocenters. The summed E-state index contributed by atoms with van der Waals surface area (Å²) in [5.74, 6) is 0. The second-order valence-corrected chi connectivity index (χ2v) is 5.74. The molecule has 0 aliphatic heterocycles. The van der Waals surface area contributed by atoms with Gasteiger partial charge in [0.25, 0.3) is 0 Å². The van der Waals surface area contributed by atoms with Crippen molar-refractivity contribution in [2.45, 2.75) is 12.3 Å². The molecule has 3 aromatic carbocycles. The van der Waals surface area contributed by atoms with E-state index in [1.54, 1.807) is 0 Å². The van der Waals surface area contributed by atoms with Gasteiger partial charge in [0, 0.05) is 16.8 Å². The minimum atomic E-state index is -0.273. The number of nitrogens with two attached hydrogens (primary N) is 2. The van der Waals surface area contributed by atoms with Crippen LogP contribution in [-0.4, -0.2) is 0 Å². The molecule has 0 aromatic heterocycles. The lowest BCUT2D eigenvalue weighted by atomic mass is 9.71. The van der Waals surface area contributed by atoms with Crippen LogP contribution in [-0.2, 0) is 5.41 Å². The Bertz CT molecular complexity index is 763. The Morgan fingerprint density at radius 2 is 1.18 bits per heavy atom. The van der Waals surface area contributed by atoms with Crippen LogP contribution in [0.3, 0.4) is 0 Å². The number of hydrogen-bond donors (Lipinski definition) is 2. The fourth-order valence-corrected chi connectivity index (χ4v) is 2.94. The molecule has 0 saturated carbocycles. The molecule has 0 bridgehead atoms. The highest BCUT2D eigenvalue weighted by atomic mass is 14.5. The Kier molecular flexibility index (Phi) is 3.60. The molecule has 0 radical (unpaired) electrons. The number of rotatable bonds is 3. The van der Waals surface area contributed by atoms with E-state index in [2.05, 4.69) is 49.4 Å². The van der Waals surface area contributed by atoms with Crippen LogP contribution in [0.2, 0.25) is 0 Å². The molecule has 0 aliphatic carbocycles. The van der Waals surface area contributed by atoms with E-state index in [4.69, 9.17) is 11.5 Å². The molecule has 4 N–H and O–H groups in total. The summed E-state index contributed by atoms with van der Waals surface area (Å²) in [4.78, 5) is 0. The Morgan fingerprint density at radius 1 is 0.591 bits per heavy atom. The van der Waals surface area contributed by atoms with Crippen molar-refractivity contribution in [3.05, 3.63) is 95.6 Å². The minimum Gasteiger partial charge on any atom is -0.399 e. The van der Waals surface area contributed by atoms with E-state index in [1.165, 1.54) is 16.7 Å². The Morgan fingerprint density at radius 3 is 1.82 bits per heavy atom. The van der Waals surface area contributed by atoms with Crippen molar-refractivity contribution in [3.63, 3.8) is 0 Å². The first-order valence-electron chi connectivity index (χ1n) is 7.38. The summed E-state index contributed by atoms with van der Waals surface area (Å²) < 4.78 is 0. The normalized spacial score (nSPS) is 13.5. The highest BCUT2D eigenvalue weighted by molar-refractivity contribution is 5.55. The molecule has 0 heterocycles. The maximum Gasteiger partial charge on any atom is 0.0424 e. The van der Waals surface area contributed by atoms with Crippen LogP contribution in [0.15, 0.2) is 78.9 Å². The molecule has 2 nitrogen and oxygen atoms in total. The SMILES string of the molecule is C[C@](c1ccccc1)(c1ccc(N)cc1)c1cccc(N)c1. The molecule has 22 heavy (non-hydrogen) atoms. The lowest BCUT2D eigenvalue weighted by molar-refractivity contribution is 0.693. The summed E-state index contributed by atoms with van der Waals surface area (Å²) >= 11 is 0. The van der Waals surface area contributed by atoms with Gasteiger partial charge in [0.05, 0.1) is 0 Å². The minimum absolute atomic E-state index is 0.273. The smallest absolute Gasteiger partial charge is 0.0424 e. The average molecular weight is 288 g/mol. The largest absolute Gasteiger partial charge is 0.399 e. The fourth-order valence-electron chi connectivity index (χ4n) is 2.94. The summed E-state index contributed by atoms with van der Waals surface area (Å²) in [5.41, 5.74) is 16.7. The zero-order valence-electron chi connectivity index (χ0n) is 12.7. The average Bonchev–Trinajstić information content (AvgIpc) is 2.55. The third-order valence-corrected chi connectivity index (χ3v) is 4.30. The first-order valence-corrected chi connectivity index (χ1v) is 7.38. The van der Waals surface area contributed by atoms with Crippen LogP contribution in [0, 0.1) is 0 Å². The van der Waals surface area contributed by atoms with E-state index in [1.807, 2.05) is 36.4 Å². The molecule has 3 aromatic rings. The standard InChI is InChI=1S/C20H20N2/c1-20(15-6-3-2-4-7-15,16-10-12-18(21)13-11-16)17-8-5-9-19(22)14-17/h2-14H,21-22H2,1H3/t20-/m0/s1. The van der Waals surface area contributed by atoms with Crippen molar-refractivity contribution in [1.82, 2.24) is 0 Å². The molecule has 0 saturated heterocycles. The molecule has 0 aliphatic rings. The van der Waals surface area contributed by atoms with Crippen molar-refractivity contribution in [1.29, 1.82) is 0 Å². The summed E-state index contributed by atoms with van der Waals surface area (Å²) in [6, 6.07) is 26.6. The van der Waals surface area contributed by atoms with Gasteiger partial charge in [0.15, 0.2) is 0 Å². The first-order chi connectivity index (χ1) is 10.6. The molecule has 0 unspecified atom stereocenters. The number of hydrogen-bond acceptors (Lipinski definition) is 2. The van der Waals surface area contributed by atoms with E-state index in [0.717, 1.165) is 11.4 Å². The molecule has 0 fully saturated rings. The molecular formula is C20H20N2. The third-order valence-electron chi connectivity index (χ3n) is 4.30. The second kappa shape index (κ2) is 5.57. The summed E-state index contributed by atoms with van der Waals surface area (Å²) in [7, 11) is 0. The van der Waals surface area contributed by atoms with Gasteiger partial charge < -0.3 is 11.5 Å². The predicted octanol–water partition coefficient (Wildman–Crippen LogP) is 4.21. The zero-order valence-corrected chi connectivity index (χ0v) is 12.7. The number of benzene rings is 3. The van der Waals surface area contributed by atoms with Crippen LogP contribution < -0.4 is 11.5 Å². The van der Waals surface area contributed by atoms with Crippen molar-refractivity contribution in [3.8, 4) is 0 Å². The Labute approximate surface area is 131 Å². The van der Waals surface area contributed by atoms with Gasteiger partial charge in [-0.1, -0.05) is 54.6 Å². The Balaban J connectivity index is 2.24. The molecule has 3 rings (SSSR count). The van der Waals surface area contributed by atoms with E-state index in [-0.39, 0.29) is 5.41 Å². The fraction of sp³-hybridized carbons (Fsp3) is 0.100. The quantitative estimate of drug-likeness (QED) is 0.560. The van der Waals surface area contributed by atoms with Crippen molar-refractivity contribution >= 4 is 11.4 Å². The molecular weight excluding hydrogens is 268 g/mol. The van der Waals surface area contributed by atoms with Crippen LogP contribution in [0.5, 0.6) is 0 Å². The number of nitrogen functional groups attached to an aromatic ring is 2. The highest BCUT2D eigenvalue weighted by Gasteiger charge is 2.31. The lowest BCUT2D eigenvalue weighted by Gasteiger charge is -2.32. The van der Waals surface area contributed by atoms with Crippen LogP contribution in [0.4, 0.5) is 11.4 Å². The summed E-state index contributed by atoms with van der Waals surface area (Å²) in [5, 5.41) is 0. The summed E-state index contributed by atoms with van der Waals surface area (Å²) in [6.07, 6.45) is 0. The van der Waals surface area contributed by atoms with Gasteiger partial charge in [-0.25, -0.2) is 0 Å². The predicted molar refractivity (Wildman–Crippen MR) is 93.7 cm³/mol. The topological polar surface area (TPSA) is 52.0 Å². The van der Waals surface area contributed by atoms with Crippen LogP contribution >= 0.6 is 0 Å². The molecule has 2 heteroatoms. The van der Waals surface area contributed by atoms with Gasteiger partial charge in [-0.15, -0.1) is 0 Å². The van der Waals surface area contributed by atoms with E-state index in [9.17, 15) is 0 Å².